The normalized spacial score (nSPS) is 10.7. The second-order valence-corrected chi connectivity index (χ2v) is 4.85. The largest absolute Gasteiger partial charge is 0.464 e. The maximum Gasteiger partial charge on any atom is 0.357 e. The van der Waals surface area contributed by atoms with Crippen LogP contribution in [0.5, 0.6) is 0 Å². The molecule has 0 bridgehead atoms. The third-order valence-electron chi connectivity index (χ3n) is 3.52. The highest BCUT2D eigenvalue weighted by Crippen LogP contribution is 2.29. The van der Waals surface area contributed by atoms with Crippen molar-refractivity contribution in [1.29, 1.82) is 5.26 Å². The standard InChI is InChI=1S/C15H11FN4O3/c1-7-9-3-11(10(16)4-12(9)23-19-7)20-6-8(5-17)13(18)14(20)15(21)22-2/h3-4,6H,18H2,1-2H3. The van der Waals surface area contributed by atoms with Gasteiger partial charge in [-0.1, -0.05) is 5.16 Å². The number of benzene rings is 1. The molecule has 0 amide bonds. The second kappa shape index (κ2) is 5.14. The number of hydrogen-bond acceptors (Lipinski definition) is 6. The van der Waals surface area contributed by atoms with Crippen molar-refractivity contribution in [1.82, 2.24) is 9.72 Å². The molecule has 0 radical (unpaired) electrons. The number of nitrogen functional groups attached to an aromatic ring is 1. The van der Waals surface area contributed by atoms with E-state index in [0.717, 1.165) is 6.07 Å². The van der Waals surface area contributed by atoms with Gasteiger partial charge in [-0.15, -0.1) is 0 Å². The number of carbonyl (C=O) groups excluding carboxylic acids is 1. The predicted molar refractivity (Wildman–Crippen MR) is 78.5 cm³/mol. The minimum atomic E-state index is -0.773. The van der Waals surface area contributed by atoms with Gasteiger partial charge in [0.2, 0.25) is 0 Å². The Balaban J connectivity index is 2.34. The number of ether oxygens (including phenoxy) is 1. The van der Waals surface area contributed by atoms with Gasteiger partial charge >= 0.3 is 5.97 Å². The summed E-state index contributed by atoms with van der Waals surface area (Å²) in [6, 6.07) is 4.50. The molecule has 7 nitrogen and oxygen atoms in total. The highest BCUT2D eigenvalue weighted by atomic mass is 19.1. The summed E-state index contributed by atoms with van der Waals surface area (Å²) >= 11 is 0. The van der Waals surface area contributed by atoms with Gasteiger partial charge in [-0.05, 0) is 13.0 Å². The third kappa shape index (κ3) is 2.10. The number of carbonyl (C=O) groups is 1. The summed E-state index contributed by atoms with van der Waals surface area (Å²) in [5.41, 5.74) is 6.56. The molecule has 0 atom stereocenters. The molecule has 0 saturated carbocycles. The average Bonchev–Trinajstić information content (AvgIpc) is 3.06. The fourth-order valence-corrected chi connectivity index (χ4v) is 2.36. The zero-order chi connectivity index (χ0) is 16.7. The number of esters is 1. The van der Waals surface area contributed by atoms with E-state index in [9.17, 15) is 9.18 Å². The van der Waals surface area contributed by atoms with Gasteiger partial charge in [0, 0.05) is 17.6 Å². The first kappa shape index (κ1) is 14.6. The zero-order valence-corrected chi connectivity index (χ0v) is 12.3. The van der Waals surface area contributed by atoms with Crippen LogP contribution in [-0.4, -0.2) is 22.8 Å². The van der Waals surface area contributed by atoms with Crippen molar-refractivity contribution in [2.24, 2.45) is 0 Å². The van der Waals surface area contributed by atoms with Crippen LogP contribution in [0.2, 0.25) is 0 Å². The van der Waals surface area contributed by atoms with Crippen molar-refractivity contribution in [3.05, 3.63) is 41.1 Å². The van der Waals surface area contributed by atoms with E-state index in [4.69, 9.17) is 15.5 Å². The van der Waals surface area contributed by atoms with E-state index in [0.29, 0.717) is 11.1 Å². The molecule has 2 aromatic heterocycles. The van der Waals surface area contributed by atoms with Crippen LogP contribution in [0.25, 0.3) is 16.7 Å². The Morgan fingerprint density at radius 1 is 1.52 bits per heavy atom. The number of aromatic nitrogens is 2. The van der Waals surface area contributed by atoms with E-state index in [-0.39, 0.29) is 28.2 Å². The molecule has 0 aliphatic rings. The van der Waals surface area contributed by atoms with Gasteiger partial charge in [0.1, 0.15) is 6.07 Å². The summed E-state index contributed by atoms with van der Waals surface area (Å²) in [4.78, 5) is 12.0. The molecule has 0 fully saturated rings. The average molecular weight is 314 g/mol. The van der Waals surface area contributed by atoms with E-state index < -0.39 is 11.8 Å². The lowest BCUT2D eigenvalue weighted by atomic mass is 10.2. The van der Waals surface area contributed by atoms with Crippen LogP contribution >= 0.6 is 0 Å². The first-order valence-electron chi connectivity index (χ1n) is 6.53. The Kier molecular flexibility index (Phi) is 3.26. The van der Waals surface area contributed by atoms with Crippen LogP contribution < -0.4 is 5.73 Å². The van der Waals surface area contributed by atoms with Gasteiger partial charge in [-0.25, -0.2) is 9.18 Å². The number of fused-ring (bicyclic) bond motifs is 1. The summed E-state index contributed by atoms with van der Waals surface area (Å²) in [5, 5.41) is 13.4. The van der Waals surface area contributed by atoms with Crippen LogP contribution in [0.15, 0.2) is 22.9 Å². The number of nitrogens with two attached hydrogens (primary N) is 1. The molecule has 2 N–H and O–H groups in total. The number of nitrogens with zero attached hydrogens (tertiary/aromatic N) is 3. The topological polar surface area (TPSA) is 107 Å². The van der Waals surface area contributed by atoms with E-state index >= 15 is 0 Å². The van der Waals surface area contributed by atoms with Crippen LogP contribution in [0.1, 0.15) is 21.7 Å². The lowest BCUT2D eigenvalue weighted by Crippen LogP contribution is -2.12. The van der Waals surface area contributed by atoms with Crippen molar-refractivity contribution >= 4 is 22.6 Å². The molecule has 0 aliphatic heterocycles. The maximum atomic E-state index is 14.4. The molecular weight excluding hydrogens is 303 g/mol. The van der Waals surface area contributed by atoms with Crippen LogP contribution in [0.3, 0.4) is 0 Å². The summed E-state index contributed by atoms with van der Waals surface area (Å²) in [6.07, 6.45) is 1.29. The third-order valence-corrected chi connectivity index (χ3v) is 3.52. The number of nitriles is 1. The van der Waals surface area contributed by atoms with E-state index in [1.165, 1.54) is 23.9 Å². The number of anilines is 1. The molecule has 0 spiro atoms. The molecule has 3 aromatic rings. The summed E-state index contributed by atoms with van der Waals surface area (Å²) in [7, 11) is 1.18. The van der Waals surface area contributed by atoms with Gasteiger partial charge in [-0.2, -0.15) is 5.26 Å². The first-order valence-corrected chi connectivity index (χ1v) is 6.53. The van der Waals surface area contributed by atoms with Gasteiger partial charge in [0.05, 0.1) is 29.7 Å². The predicted octanol–water partition coefficient (Wildman–Crippen LogP) is 2.31. The van der Waals surface area contributed by atoms with Crippen molar-refractivity contribution in [3.63, 3.8) is 0 Å². The molecule has 8 heteroatoms. The van der Waals surface area contributed by atoms with Crippen molar-refractivity contribution in [2.45, 2.75) is 6.92 Å². The Bertz CT molecular complexity index is 981. The van der Waals surface area contributed by atoms with E-state index in [1.54, 1.807) is 6.92 Å². The lowest BCUT2D eigenvalue weighted by molar-refractivity contribution is 0.0593. The van der Waals surface area contributed by atoms with Crippen molar-refractivity contribution in [2.75, 3.05) is 12.8 Å². The van der Waals surface area contributed by atoms with Gasteiger partial charge in [0.25, 0.3) is 0 Å². The summed E-state index contributed by atoms with van der Waals surface area (Å²) < 4.78 is 25.3. The molecule has 2 heterocycles. The fourth-order valence-electron chi connectivity index (χ4n) is 2.36. The van der Waals surface area contributed by atoms with E-state index in [2.05, 4.69) is 9.89 Å². The van der Waals surface area contributed by atoms with Crippen molar-refractivity contribution < 1.29 is 18.4 Å². The lowest BCUT2D eigenvalue weighted by Gasteiger charge is -2.09. The Morgan fingerprint density at radius 2 is 2.26 bits per heavy atom. The molecule has 0 saturated heterocycles. The molecule has 23 heavy (non-hydrogen) atoms. The summed E-state index contributed by atoms with van der Waals surface area (Å²) in [6.45, 7) is 1.71. The SMILES string of the molecule is COC(=O)c1c(N)c(C#N)cn1-c1cc2c(C)noc2cc1F. The highest BCUT2D eigenvalue weighted by Gasteiger charge is 2.24. The molecule has 1 aromatic carbocycles. The Hall–Kier alpha value is -3.34. The minimum absolute atomic E-state index is 0.0393. The van der Waals surface area contributed by atoms with Crippen molar-refractivity contribution in [3.8, 4) is 11.8 Å². The van der Waals surface area contributed by atoms with Crippen LogP contribution in [0.4, 0.5) is 10.1 Å². The molecule has 3 rings (SSSR count). The van der Waals surface area contributed by atoms with Gasteiger partial charge < -0.3 is 19.6 Å². The summed E-state index contributed by atoms with van der Waals surface area (Å²) in [5.74, 6) is -1.43. The monoisotopic (exact) mass is 314 g/mol. The number of methoxy groups -OCH3 is 1. The van der Waals surface area contributed by atoms with Gasteiger partial charge in [0.15, 0.2) is 17.1 Å². The molecule has 0 aliphatic carbocycles. The quantitative estimate of drug-likeness (QED) is 0.727. The minimum Gasteiger partial charge on any atom is -0.464 e. The molecule has 116 valence electrons. The maximum absolute atomic E-state index is 14.4. The number of aryl methyl sites for hydroxylation is 1. The number of rotatable bonds is 2. The number of halogens is 1. The fraction of sp³-hybridized carbons (Fsp3) is 0.133. The number of hydrogen-bond donors (Lipinski definition) is 1. The second-order valence-electron chi connectivity index (χ2n) is 4.85. The Morgan fingerprint density at radius 3 is 2.91 bits per heavy atom. The van der Waals surface area contributed by atoms with Crippen LogP contribution in [0, 0.1) is 24.1 Å². The smallest absolute Gasteiger partial charge is 0.357 e. The van der Waals surface area contributed by atoms with Crippen LogP contribution in [-0.2, 0) is 4.74 Å². The Labute approximate surface area is 129 Å². The zero-order valence-electron chi connectivity index (χ0n) is 12.3. The molecular formula is C15H11FN4O3. The van der Waals surface area contributed by atoms with E-state index in [1.807, 2.05) is 6.07 Å². The molecule has 0 unspecified atom stereocenters. The highest BCUT2D eigenvalue weighted by molar-refractivity contribution is 5.96. The first-order chi connectivity index (χ1) is 11.0. The van der Waals surface area contributed by atoms with Gasteiger partial charge in [-0.3, -0.25) is 0 Å².